The minimum absolute atomic E-state index is 0.325. The molecule has 0 spiro atoms. The SMILES string of the molecule is NCCCn1nc2cc(-c3ccccc3F)c(Cl)cc2c1Nc1cccc(N)c1. The molecule has 0 amide bonds. The molecule has 5 N–H and O–H groups in total. The molecule has 0 fully saturated rings. The van der Waals surface area contributed by atoms with Crippen molar-refractivity contribution in [2.45, 2.75) is 13.0 Å². The van der Waals surface area contributed by atoms with Crippen molar-refractivity contribution in [1.82, 2.24) is 9.78 Å². The van der Waals surface area contributed by atoms with Gasteiger partial charge < -0.3 is 16.8 Å². The smallest absolute Gasteiger partial charge is 0.136 e. The van der Waals surface area contributed by atoms with Crippen LogP contribution in [0.4, 0.5) is 21.6 Å². The zero-order chi connectivity index (χ0) is 20.4. The molecule has 3 aromatic carbocycles. The third-order valence-electron chi connectivity index (χ3n) is 4.71. The minimum atomic E-state index is -0.325. The molecule has 0 aliphatic rings. The van der Waals surface area contributed by atoms with Crippen LogP contribution in [0, 0.1) is 5.82 Å². The van der Waals surface area contributed by atoms with E-state index in [1.165, 1.54) is 6.07 Å². The van der Waals surface area contributed by atoms with Crippen molar-refractivity contribution < 1.29 is 4.39 Å². The highest BCUT2D eigenvalue weighted by atomic mass is 35.5. The highest BCUT2D eigenvalue weighted by Crippen LogP contribution is 2.37. The molecule has 1 heterocycles. The van der Waals surface area contributed by atoms with E-state index in [-0.39, 0.29) is 5.82 Å². The lowest BCUT2D eigenvalue weighted by molar-refractivity contribution is 0.597. The Balaban J connectivity index is 1.85. The molecule has 148 valence electrons. The van der Waals surface area contributed by atoms with Gasteiger partial charge in [0.15, 0.2) is 0 Å². The van der Waals surface area contributed by atoms with Crippen LogP contribution in [0.15, 0.2) is 60.7 Å². The van der Waals surface area contributed by atoms with Crippen molar-refractivity contribution in [3.8, 4) is 11.1 Å². The van der Waals surface area contributed by atoms with Crippen LogP contribution in [0.25, 0.3) is 22.0 Å². The van der Waals surface area contributed by atoms with E-state index >= 15 is 0 Å². The summed E-state index contributed by atoms with van der Waals surface area (Å²) in [6.07, 6.45) is 0.771. The van der Waals surface area contributed by atoms with Crippen molar-refractivity contribution in [2.75, 3.05) is 17.6 Å². The number of anilines is 3. The number of aryl methyl sites for hydroxylation is 1. The van der Waals surface area contributed by atoms with Gasteiger partial charge in [-0.1, -0.05) is 35.9 Å². The van der Waals surface area contributed by atoms with Crippen LogP contribution in [-0.4, -0.2) is 16.3 Å². The van der Waals surface area contributed by atoms with Crippen LogP contribution in [0.2, 0.25) is 5.02 Å². The lowest BCUT2D eigenvalue weighted by Gasteiger charge is -2.11. The fourth-order valence-electron chi connectivity index (χ4n) is 3.33. The summed E-state index contributed by atoms with van der Waals surface area (Å²) >= 11 is 6.55. The summed E-state index contributed by atoms with van der Waals surface area (Å²) in [5.74, 6) is 0.468. The van der Waals surface area contributed by atoms with Gasteiger partial charge in [-0.2, -0.15) is 5.10 Å². The second kappa shape index (κ2) is 8.11. The number of aromatic nitrogens is 2. The number of nitrogens with zero attached hydrogens (tertiary/aromatic N) is 2. The van der Waals surface area contributed by atoms with E-state index in [1.807, 2.05) is 41.1 Å². The van der Waals surface area contributed by atoms with Crippen LogP contribution >= 0.6 is 11.6 Å². The Bertz CT molecular complexity index is 1170. The summed E-state index contributed by atoms with van der Waals surface area (Å²) < 4.78 is 16.2. The van der Waals surface area contributed by atoms with E-state index in [1.54, 1.807) is 18.2 Å². The van der Waals surface area contributed by atoms with Crippen molar-refractivity contribution in [1.29, 1.82) is 0 Å². The highest BCUT2D eigenvalue weighted by Gasteiger charge is 2.17. The van der Waals surface area contributed by atoms with E-state index < -0.39 is 0 Å². The normalized spacial score (nSPS) is 11.1. The molecule has 5 nitrogen and oxygen atoms in total. The van der Waals surface area contributed by atoms with Crippen LogP contribution in [-0.2, 0) is 6.54 Å². The molecule has 0 atom stereocenters. The van der Waals surface area contributed by atoms with Gasteiger partial charge in [-0.15, -0.1) is 0 Å². The second-order valence-corrected chi connectivity index (χ2v) is 7.20. The molecule has 1 aromatic heterocycles. The van der Waals surface area contributed by atoms with Crippen LogP contribution in [0.1, 0.15) is 6.42 Å². The van der Waals surface area contributed by atoms with E-state index in [4.69, 9.17) is 28.2 Å². The Morgan fingerprint density at radius 1 is 1.03 bits per heavy atom. The van der Waals surface area contributed by atoms with Crippen LogP contribution < -0.4 is 16.8 Å². The third kappa shape index (κ3) is 3.90. The standard InChI is InChI=1S/C22H21ClFN5/c23-19-12-18-21(13-17(19)16-7-1-2-8-20(16)24)28-29(10-4-9-25)22(18)27-15-6-3-5-14(26)11-15/h1-3,5-8,11-13,27H,4,9-10,25-26H2. The van der Waals surface area contributed by atoms with Gasteiger partial charge in [-0.05, 0) is 49.4 Å². The monoisotopic (exact) mass is 409 g/mol. The lowest BCUT2D eigenvalue weighted by atomic mass is 10.0. The molecule has 0 radical (unpaired) electrons. The molecule has 29 heavy (non-hydrogen) atoms. The summed E-state index contributed by atoms with van der Waals surface area (Å²) in [7, 11) is 0. The van der Waals surface area contributed by atoms with Crippen molar-refractivity contribution >= 4 is 39.7 Å². The van der Waals surface area contributed by atoms with E-state index in [2.05, 4.69) is 5.32 Å². The van der Waals surface area contributed by atoms with Crippen molar-refractivity contribution in [3.63, 3.8) is 0 Å². The van der Waals surface area contributed by atoms with E-state index in [0.717, 1.165) is 28.8 Å². The zero-order valence-corrected chi connectivity index (χ0v) is 16.5. The first-order valence-corrected chi connectivity index (χ1v) is 9.72. The van der Waals surface area contributed by atoms with Gasteiger partial charge in [0.1, 0.15) is 11.6 Å². The average Bonchev–Trinajstić information content (AvgIpc) is 3.03. The van der Waals surface area contributed by atoms with Gasteiger partial charge in [-0.3, -0.25) is 0 Å². The van der Waals surface area contributed by atoms with Crippen molar-refractivity contribution in [3.05, 3.63) is 71.5 Å². The number of hydrogen-bond acceptors (Lipinski definition) is 4. The van der Waals surface area contributed by atoms with Gasteiger partial charge in [0.2, 0.25) is 0 Å². The molecule has 4 aromatic rings. The third-order valence-corrected chi connectivity index (χ3v) is 5.03. The molecule has 7 heteroatoms. The Hall–Kier alpha value is -3.09. The van der Waals surface area contributed by atoms with Gasteiger partial charge in [0, 0.05) is 39.5 Å². The highest BCUT2D eigenvalue weighted by molar-refractivity contribution is 6.34. The predicted molar refractivity (Wildman–Crippen MR) is 118 cm³/mol. The molecule has 0 saturated carbocycles. The first kappa shape index (κ1) is 19.2. The number of fused-ring (bicyclic) bond motifs is 1. The maximum absolute atomic E-state index is 14.3. The summed E-state index contributed by atoms with van der Waals surface area (Å²) in [5.41, 5.74) is 14.9. The summed E-state index contributed by atoms with van der Waals surface area (Å²) in [6, 6.07) is 17.7. The Morgan fingerprint density at radius 2 is 1.86 bits per heavy atom. The van der Waals surface area contributed by atoms with Gasteiger partial charge >= 0.3 is 0 Å². The minimum Gasteiger partial charge on any atom is -0.399 e. The van der Waals surface area contributed by atoms with Gasteiger partial charge in [0.05, 0.1) is 5.52 Å². The first-order chi connectivity index (χ1) is 14.1. The number of nitrogens with one attached hydrogen (secondary N) is 1. The maximum Gasteiger partial charge on any atom is 0.136 e. The first-order valence-electron chi connectivity index (χ1n) is 9.34. The summed E-state index contributed by atoms with van der Waals surface area (Å²) in [5, 5.41) is 9.40. The number of benzene rings is 3. The number of nitrogens with two attached hydrogens (primary N) is 2. The van der Waals surface area contributed by atoms with Gasteiger partial charge in [0.25, 0.3) is 0 Å². The molecular weight excluding hydrogens is 389 g/mol. The van der Waals surface area contributed by atoms with E-state index in [0.29, 0.717) is 34.9 Å². The number of hydrogen-bond donors (Lipinski definition) is 3. The summed E-state index contributed by atoms with van der Waals surface area (Å²) in [6.45, 7) is 1.19. The fraction of sp³-hybridized carbons (Fsp3) is 0.136. The van der Waals surface area contributed by atoms with Gasteiger partial charge in [-0.25, -0.2) is 9.07 Å². The Labute approximate surface area is 173 Å². The van der Waals surface area contributed by atoms with Crippen LogP contribution in [0.5, 0.6) is 0 Å². The maximum atomic E-state index is 14.3. The molecule has 4 rings (SSSR count). The molecule has 0 bridgehead atoms. The number of nitrogen functional groups attached to an aromatic ring is 1. The molecular formula is C22H21ClFN5. The van der Waals surface area contributed by atoms with Crippen molar-refractivity contribution in [2.24, 2.45) is 5.73 Å². The average molecular weight is 410 g/mol. The molecule has 0 aliphatic carbocycles. The largest absolute Gasteiger partial charge is 0.399 e. The lowest BCUT2D eigenvalue weighted by Crippen LogP contribution is -2.09. The number of halogens is 2. The molecule has 0 unspecified atom stereocenters. The van der Waals surface area contributed by atoms with Crippen LogP contribution in [0.3, 0.4) is 0 Å². The summed E-state index contributed by atoms with van der Waals surface area (Å²) in [4.78, 5) is 0. The quantitative estimate of drug-likeness (QED) is 0.384. The number of rotatable bonds is 6. The Morgan fingerprint density at radius 3 is 2.62 bits per heavy atom. The molecule has 0 aliphatic heterocycles. The zero-order valence-electron chi connectivity index (χ0n) is 15.7. The Kier molecular flexibility index (Phi) is 5.38. The predicted octanol–water partition coefficient (Wildman–Crippen LogP) is 5.17. The fourth-order valence-corrected chi connectivity index (χ4v) is 3.59. The van der Waals surface area contributed by atoms with E-state index in [9.17, 15) is 4.39 Å². The topological polar surface area (TPSA) is 81.9 Å². The molecule has 0 saturated heterocycles. The second-order valence-electron chi connectivity index (χ2n) is 6.79.